The van der Waals surface area contributed by atoms with E-state index in [0.29, 0.717) is 21.5 Å². The molecule has 0 radical (unpaired) electrons. The van der Waals surface area contributed by atoms with E-state index in [1.807, 2.05) is 0 Å². The van der Waals surface area contributed by atoms with E-state index in [4.69, 9.17) is 10.0 Å². The second kappa shape index (κ2) is 2.90. The zero-order valence-corrected chi connectivity index (χ0v) is 5.54. The van der Waals surface area contributed by atoms with Crippen molar-refractivity contribution in [1.29, 1.82) is 0 Å². The van der Waals surface area contributed by atoms with Gasteiger partial charge in [0.15, 0.2) is 0 Å². The number of hydrogen-bond donors (Lipinski definition) is 2. The Bertz CT molecular complexity index is 20.9. The molecule has 5 heteroatoms. The zero-order valence-electron chi connectivity index (χ0n) is 2.33. The SMILES string of the molecule is OB(O)[O][Ta]. The molecule has 0 aliphatic rings. The molecule has 3 nitrogen and oxygen atoms in total. The summed E-state index contributed by atoms with van der Waals surface area (Å²) in [7, 11) is -1.57. The molecular weight excluding hydrogens is 240 g/mol. The van der Waals surface area contributed by atoms with Crippen LogP contribution in [0.3, 0.4) is 0 Å². The monoisotopic (exact) mass is 242 g/mol. The van der Waals surface area contributed by atoms with Gasteiger partial charge in [0.1, 0.15) is 0 Å². The maximum absolute atomic E-state index is 7.72. The second-order valence-electron chi connectivity index (χ2n) is 0.432. The molecule has 0 spiro atoms. The van der Waals surface area contributed by atoms with Crippen molar-refractivity contribution < 1.29 is 34.7 Å². The van der Waals surface area contributed by atoms with Gasteiger partial charge in [-0.3, -0.25) is 0 Å². The van der Waals surface area contributed by atoms with Crippen molar-refractivity contribution in [2.24, 2.45) is 0 Å². The van der Waals surface area contributed by atoms with Crippen LogP contribution < -0.4 is 0 Å². The third kappa shape index (κ3) is 4.69. The Morgan fingerprint density at radius 2 is 1.80 bits per heavy atom. The topological polar surface area (TPSA) is 49.7 Å². The van der Waals surface area contributed by atoms with Crippen LogP contribution in [0.15, 0.2) is 0 Å². The van der Waals surface area contributed by atoms with Gasteiger partial charge in [-0.15, -0.1) is 0 Å². The van der Waals surface area contributed by atoms with E-state index in [1.165, 1.54) is 0 Å². The van der Waals surface area contributed by atoms with Crippen molar-refractivity contribution in [2.75, 3.05) is 0 Å². The summed E-state index contributed by atoms with van der Waals surface area (Å²) >= 11 is 0.539. The van der Waals surface area contributed by atoms with Gasteiger partial charge in [0.2, 0.25) is 0 Å². The molecule has 0 saturated carbocycles. The van der Waals surface area contributed by atoms with Gasteiger partial charge >= 0.3 is 42.0 Å². The average molecular weight is 242 g/mol. The fourth-order valence-corrected chi connectivity index (χ4v) is 0. The normalized spacial score (nSPS) is 7.60. The van der Waals surface area contributed by atoms with Crippen LogP contribution >= 0.6 is 0 Å². The summed E-state index contributed by atoms with van der Waals surface area (Å²) in [5.41, 5.74) is 0. The predicted octanol–water partition coefficient (Wildman–Crippen LogP) is -1.57. The first-order valence-electron chi connectivity index (χ1n) is 0.935. The van der Waals surface area contributed by atoms with Crippen LogP contribution in [-0.4, -0.2) is 17.4 Å². The molecule has 0 fully saturated rings. The summed E-state index contributed by atoms with van der Waals surface area (Å²) in [6.45, 7) is 0. The van der Waals surface area contributed by atoms with Crippen LogP contribution in [0, 0.1) is 0 Å². The molecule has 0 aromatic heterocycles. The van der Waals surface area contributed by atoms with Gasteiger partial charge in [-0.05, 0) is 0 Å². The van der Waals surface area contributed by atoms with Crippen molar-refractivity contribution in [1.82, 2.24) is 0 Å². The molecule has 0 bridgehead atoms. The minimum absolute atomic E-state index is 0.539. The molecular formula is H2BO3Ta. The van der Waals surface area contributed by atoms with Gasteiger partial charge in [-0.25, -0.2) is 0 Å². The summed E-state index contributed by atoms with van der Waals surface area (Å²) in [5, 5.41) is 15.4. The van der Waals surface area contributed by atoms with Crippen LogP contribution in [0.4, 0.5) is 0 Å². The van der Waals surface area contributed by atoms with Gasteiger partial charge in [0.25, 0.3) is 0 Å². The van der Waals surface area contributed by atoms with Crippen molar-refractivity contribution in [3.8, 4) is 0 Å². The van der Waals surface area contributed by atoms with E-state index >= 15 is 0 Å². The Hall–Kier alpha value is 0.685. The molecule has 0 atom stereocenters. The van der Waals surface area contributed by atoms with E-state index in [2.05, 4.69) is 3.16 Å². The van der Waals surface area contributed by atoms with E-state index in [-0.39, 0.29) is 0 Å². The molecule has 0 aliphatic carbocycles. The molecule has 0 saturated heterocycles. The first-order valence-corrected chi connectivity index (χ1v) is 2.25. The molecule has 0 amide bonds. The first kappa shape index (κ1) is 5.69. The minimum atomic E-state index is -1.57. The van der Waals surface area contributed by atoms with Gasteiger partial charge < -0.3 is 0 Å². The van der Waals surface area contributed by atoms with Crippen molar-refractivity contribution in [3.05, 3.63) is 0 Å². The molecule has 0 aromatic carbocycles. The van der Waals surface area contributed by atoms with Crippen molar-refractivity contribution in [3.63, 3.8) is 0 Å². The van der Waals surface area contributed by atoms with Crippen LogP contribution in [0.25, 0.3) is 0 Å². The maximum atomic E-state index is 7.72. The standard InChI is InChI=1S/BH2O3.Ta/c2-1(3)4;/h2-3H;/q-1;+1. The summed E-state index contributed by atoms with van der Waals surface area (Å²) < 4.78 is 3.97. The molecule has 0 aromatic rings. The molecule has 5 heavy (non-hydrogen) atoms. The third-order valence-electron chi connectivity index (χ3n) is 0.0943. The Balaban J connectivity index is 2.54. The number of rotatable bonds is 1. The number of hydrogen-bond acceptors (Lipinski definition) is 3. The van der Waals surface area contributed by atoms with Crippen molar-refractivity contribution >= 4 is 7.32 Å². The Labute approximate surface area is 42.5 Å². The molecule has 0 aliphatic heterocycles. The average Bonchev–Trinajstić information content (AvgIpc) is 1.38. The Kier molecular flexibility index (Phi) is 3.30. The van der Waals surface area contributed by atoms with Gasteiger partial charge in [-0.2, -0.15) is 0 Å². The van der Waals surface area contributed by atoms with Crippen molar-refractivity contribution in [2.45, 2.75) is 0 Å². The molecule has 28 valence electrons. The van der Waals surface area contributed by atoms with Crippen LogP contribution in [0.2, 0.25) is 0 Å². The fraction of sp³-hybridized carbons (Fsp3) is 0. The van der Waals surface area contributed by atoms with Crippen LogP contribution in [-0.2, 0) is 24.6 Å². The summed E-state index contributed by atoms with van der Waals surface area (Å²) in [5.74, 6) is 0. The molecule has 0 rings (SSSR count). The van der Waals surface area contributed by atoms with Gasteiger partial charge in [-0.1, -0.05) is 0 Å². The second-order valence-corrected chi connectivity index (χ2v) is 1.19. The molecule has 2 N–H and O–H groups in total. The van der Waals surface area contributed by atoms with Crippen LogP contribution in [0.1, 0.15) is 0 Å². The Morgan fingerprint density at radius 1 is 1.60 bits per heavy atom. The summed E-state index contributed by atoms with van der Waals surface area (Å²) in [4.78, 5) is 0. The fourth-order valence-electron chi connectivity index (χ4n) is 0. The van der Waals surface area contributed by atoms with Gasteiger partial charge in [0.05, 0.1) is 0 Å². The van der Waals surface area contributed by atoms with Crippen LogP contribution in [0.5, 0.6) is 0 Å². The van der Waals surface area contributed by atoms with E-state index in [1.54, 1.807) is 0 Å². The van der Waals surface area contributed by atoms with E-state index in [9.17, 15) is 0 Å². The quantitative estimate of drug-likeness (QED) is 0.546. The molecule has 0 heterocycles. The van der Waals surface area contributed by atoms with E-state index in [0.717, 1.165) is 0 Å². The molecule has 0 unspecified atom stereocenters. The van der Waals surface area contributed by atoms with E-state index < -0.39 is 7.32 Å². The summed E-state index contributed by atoms with van der Waals surface area (Å²) in [6, 6.07) is 0. The summed E-state index contributed by atoms with van der Waals surface area (Å²) in [6.07, 6.45) is 0. The Morgan fingerprint density at radius 3 is 1.80 bits per heavy atom. The third-order valence-corrected chi connectivity index (χ3v) is 0.772. The zero-order chi connectivity index (χ0) is 4.28. The van der Waals surface area contributed by atoms with Gasteiger partial charge in [0, 0.05) is 0 Å². The predicted molar refractivity (Wildman–Crippen MR) is 11.3 cm³/mol. The first-order chi connectivity index (χ1) is 2.27.